The second kappa shape index (κ2) is 6.91. The van der Waals surface area contributed by atoms with Crippen LogP contribution in [0.3, 0.4) is 0 Å². The number of carbonyl (C=O) groups is 1. The molecule has 0 bridgehead atoms. The Kier molecular flexibility index (Phi) is 5.49. The zero-order valence-corrected chi connectivity index (χ0v) is 10.4. The van der Waals surface area contributed by atoms with E-state index < -0.39 is 6.10 Å². The second-order valence-corrected chi connectivity index (χ2v) is 3.95. The highest BCUT2D eigenvalue weighted by molar-refractivity contribution is 5.99. The Morgan fingerprint density at radius 2 is 2.12 bits per heavy atom. The topological polar surface area (TPSA) is 61.4 Å². The highest BCUT2D eigenvalue weighted by Crippen LogP contribution is 2.13. The average Bonchev–Trinajstić information content (AvgIpc) is 2.36. The Morgan fingerprint density at radius 1 is 1.41 bits per heavy atom. The molecule has 1 unspecified atom stereocenters. The third-order valence-corrected chi connectivity index (χ3v) is 2.56. The number of hydrogen-bond donors (Lipinski definition) is 3. The molecule has 0 saturated carbocycles. The molecule has 0 aliphatic heterocycles. The van der Waals surface area contributed by atoms with Crippen molar-refractivity contribution in [3.63, 3.8) is 0 Å². The second-order valence-electron chi connectivity index (χ2n) is 3.95. The van der Waals surface area contributed by atoms with Crippen molar-refractivity contribution in [1.29, 1.82) is 0 Å². The van der Waals surface area contributed by atoms with Crippen LogP contribution in [0.2, 0.25) is 0 Å². The van der Waals surface area contributed by atoms with Gasteiger partial charge in [-0.25, -0.2) is 0 Å². The van der Waals surface area contributed by atoms with Gasteiger partial charge in [0.1, 0.15) is 0 Å². The maximum Gasteiger partial charge on any atom is 0.253 e. The number of aliphatic hydroxyl groups is 1. The van der Waals surface area contributed by atoms with E-state index in [0.29, 0.717) is 18.5 Å². The van der Waals surface area contributed by atoms with Crippen LogP contribution >= 0.6 is 0 Å². The molecule has 0 fully saturated rings. The lowest BCUT2D eigenvalue weighted by Crippen LogP contribution is -2.32. The van der Waals surface area contributed by atoms with Gasteiger partial charge in [0.05, 0.1) is 11.7 Å². The van der Waals surface area contributed by atoms with Crippen LogP contribution in [0.4, 0.5) is 5.69 Å². The van der Waals surface area contributed by atoms with Crippen molar-refractivity contribution in [3.8, 4) is 0 Å². The van der Waals surface area contributed by atoms with Crippen molar-refractivity contribution in [1.82, 2.24) is 5.32 Å². The van der Waals surface area contributed by atoms with Crippen molar-refractivity contribution in [2.45, 2.75) is 25.9 Å². The first-order valence-electron chi connectivity index (χ1n) is 5.92. The molecule has 0 aromatic heterocycles. The fraction of sp³-hybridized carbons (Fsp3) is 0.462. The van der Waals surface area contributed by atoms with Gasteiger partial charge in [-0.1, -0.05) is 25.5 Å². The lowest BCUT2D eigenvalue weighted by Gasteiger charge is -2.12. The molecule has 1 atom stereocenters. The minimum atomic E-state index is -0.467. The quantitative estimate of drug-likeness (QED) is 0.703. The molecule has 4 nitrogen and oxygen atoms in total. The standard InChI is InChI=1S/C13H20N2O2/c1-3-6-10(16)9-15-13(17)11-7-4-5-8-12(11)14-2/h4-5,7-8,10,14,16H,3,6,9H2,1-2H3,(H,15,17). The van der Waals surface area contributed by atoms with Gasteiger partial charge < -0.3 is 15.7 Å². The maximum absolute atomic E-state index is 11.9. The number of rotatable bonds is 6. The Bertz CT molecular complexity index is 366. The van der Waals surface area contributed by atoms with Crippen molar-refractivity contribution < 1.29 is 9.90 Å². The Hall–Kier alpha value is -1.55. The summed E-state index contributed by atoms with van der Waals surface area (Å²) in [6, 6.07) is 7.29. The maximum atomic E-state index is 11.9. The van der Waals surface area contributed by atoms with Crippen molar-refractivity contribution in [3.05, 3.63) is 29.8 Å². The van der Waals surface area contributed by atoms with Crippen LogP contribution in [0.15, 0.2) is 24.3 Å². The monoisotopic (exact) mass is 236 g/mol. The molecule has 0 saturated heterocycles. The predicted molar refractivity (Wildman–Crippen MR) is 69.2 cm³/mol. The molecule has 0 aliphatic rings. The number of nitrogens with one attached hydrogen (secondary N) is 2. The van der Waals surface area contributed by atoms with E-state index in [-0.39, 0.29) is 5.91 Å². The molecule has 4 heteroatoms. The Morgan fingerprint density at radius 3 is 2.76 bits per heavy atom. The smallest absolute Gasteiger partial charge is 0.253 e. The van der Waals surface area contributed by atoms with Crippen LogP contribution < -0.4 is 10.6 Å². The number of benzene rings is 1. The summed E-state index contributed by atoms with van der Waals surface area (Å²) in [5.74, 6) is -0.162. The van der Waals surface area contributed by atoms with Gasteiger partial charge in [0.2, 0.25) is 0 Å². The molecule has 1 aromatic carbocycles. The minimum Gasteiger partial charge on any atom is -0.391 e. The zero-order chi connectivity index (χ0) is 12.7. The molecule has 3 N–H and O–H groups in total. The summed E-state index contributed by atoms with van der Waals surface area (Å²) in [5.41, 5.74) is 1.38. The van der Waals surface area contributed by atoms with E-state index in [1.165, 1.54) is 0 Å². The summed E-state index contributed by atoms with van der Waals surface area (Å²) < 4.78 is 0. The zero-order valence-electron chi connectivity index (χ0n) is 10.4. The molecule has 0 aliphatic carbocycles. The van der Waals surface area contributed by atoms with Crippen molar-refractivity contribution in [2.24, 2.45) is 0 Å². The van der Waals surface area contributed by atoms with E-state index >= 15 is 0 Å². The summed E-state index contributed by atoms with van der Waals surface area (Å²) >= 11 is 0. The van der Waals surface area contributed by atoms with Gasteiger partial charge in [-0.05, 0) is 18.6 Å². The fourth-order valence-corrected chi connectivity index (χ4v) is 1.64. The number of amides is 1. The first kappa shape index (κ1) is 13.5. The molecule has 0 radical (unpaired) electrons. The highest BCUT2D eigenvalue weighted by Gasteiger charge is 2.11. The molecule has 94 valence electrons. The summed E-state index contributed by atoms with van der Waals surface area (Å²) in [5, 5.41) is 15.2. The molecule has 17 heavy (non-hydrogen) atoms. The molecular formula is C13H20N2O2. The molecular weight excluding hydrogens is 216 g/mol. The minimum absolute atomic E-state index is 0.162. The number of anilines is 1. The van der Waals surface area contributed by atoms with Crippen LogP contribution in [0.5, 0.6) is 0 Å². The van der Waals surface area contributed by atoms with Crippen LogP contribution in [0.1, 0.15) is 30.1 Å². The molecule has 1 rings (SSSR count). The third-order valence-electron chi connectivity index (χ3n) is 2.56. The largest absolute Gasteiger partial charge is 0.391 e. The van der Waals surface area contributed by atoms with E-state index in [0.717, 1.165) is 12.1 Å². The van der Waals surface area contributed by atoms with E-state index in [2.05, 4.69) is 10.6 Å². The van der Waals surface area contributed by atoms with E-state index in [4.69, 9.17) is 0 Å². The van der Waals surface area contributed by atoms with Gasteiger partial charge in [0.15, 0.2) is 0 Å². The van der Waals surface area contributed by atoms with Crippen molar-refractivity contribution >= 4 is 11.6 Å². The summed E-state index contributed by atoms with van der Waals surface area (Å²) in [6.45, 7) is 2.30. The number of aliphatic hydroxyl groups excluding tert-OH is 1. The molecule has 1 aromatic rings. The lowest BCUT2D eigenvalue weighted by atomic mass is 10.1. The van der Waals surface area contributed by atoms with Gasteiger partial charge in [-0.3, -0.25) is 4.79 Å². The predicted octanol–water partition coefficient (Wildman–Crippen LogP) is 1.62. The summed E-state index contributed by atoms with van der Waals surface area (Å²) in [4.78, 5) is 11.9. The lowest BCUT2D eigenvalue weighted by molar-refractivity contribution is 0.0911. The first-order chi connectivity index (χ1) is 8.19. The highest BCUT2D eigenvalue weighted by atomic mass is 16.3. The van der Waals surface area contributed by atoms with Crippen LogP contribution in [0.25, 0.3) is 0 Å². The normalized spacial score (nSPS) is 11.9. The molecule has 0 heterocycles. The average molecular weight is 236 g/mol. The van der Waals surface area contributed by atoms with Crippen LogP contribution in [-0.4, -0.2) is 30.7 Å². The van der Waals surface area contributed by atoms with Crippen molar-refractivity contribution in [2.75, 3.05) is 18.9 Å². The van der Waals surface area contributed by atoms with E-state index in [1.807, 2.05) is 25.1 Å². The van der Waals surface area contributed by atoms with Gasteiger partial charge >= 0.3 is 0 Å². The van der Waals surface area contributed by atoms with Crippen LogP contribution in [-0.2, 0) is 0 Å². The summed E-state index contributed by atoms with van der Waals surface area (Å²) in [6.07, 6.45) is 1.14. The number of para-hydroxylation sites is 1. The number of hydrogen-bond acceptors (Lipinski definition) is 3. The van der Waals surface area contributed by atoms with Gasteiger partial charge in [-0.15, -0.1) is 0 Å². The Balaban J connectivity index is 2.58. The molecule has 1 amide bonds. The van der Waals surface area contributed by atoms with Gasteiger partial charge in [0, 0.05) is 19.3 Å². The molecule has 0 spiro atoms. The van der Waals surface area contributed by atoms with E-state index in [9.17, 15) is 9.90 Å². The fourth-order valence-electron chi connectivity index (χ4n) is 1.64. The first-order valence-corrected chi connectivity index (χ1v) is 5.92. The third kappa shape index (κ3) is 4.07. The Labute approximate surface area is 102 Å². The summed E-state index contributed by atoms with van der Waals surface area (Å²) in [7, 11) is 1.78. The number of carbonyl (C=O) groups excluding carboxylic acids is 1. The van der Waals surface area contributed by atoms with Gasteiger partial charge in [-0.2, -0.15) is 0 Å². The SMILES string of the molecule is CCCC(O)CNC(=O)c1ccccc1NC. The van der Waals surface area contributed by atoms with E-state index in [1.54, 1.807) is 13.1 Å². The van der Waals surface area contributed by atoms with Gasteiger partial charge in [0.25, 0.3) is 5.91 Å². The van der Waals surface area contributed by atoms with Crippen LogP contribution in [0, 0.1) is 0 Å².